The Hall–Kier alpha value is -2.49. The fourth-order valence-corrected chi connectivity index (χ4v) is 7.06. The second-order valence-corrected chi connectivity index (χ2v) is 11.5. The number of alkyl halides is 6. The Kier molecular flexibility index (Phi) is 7.79. The number of carboxylic acid groups (broad SMARTS) is 1. The Balaban J connectivity index is 1.30. The molecule has 2 aromatic carbocycles. The minimum atomic E-state index is -4.70. The van der Waals surface area contributed by atoms with Crippen LogP contribution in [0.2, 0.25) is 0 Å². The van der Waals surface area contributed by atoms with Gasteiger partial charge in [0.1, 0.15) is 11.3 Å². The molecule has 0 saturated heterocycles. The van der Waals surface area contributed by atoms with Crippen molar-refractivity contribution in [1.82, 2.24) is 5.32 Å². The fraction of sp³-hybridized carbons (Fsp3) is 0.621. The molecule has 2 atom stereocenters. The molecule has 0 radical (unpaired) electrons. The standard InChI is InChI=1S/C29H33F6NO3/c30-28(31,32)21-6-8-22(9-7-21)39-24-11-5-17-12-16(4-10-23(17)25(24)29(33,34)35)15-36-26-18-2-1-3-19(26)14-20(13-18)27(37)38/h4-5,10-12,18-22,26,36H,1-3,6-9,13-15H2,(H,37,38)/t18?,19?,20?,21-,22+,26?. The number of aliphatic carboxylic acids is 1. The van der Waals surface area contributed by atoms with Crippen LogP contribution in [0.4, 0.5) is 26.3 Å². The number of hydrogen-bond acceptors (Lipinski definition) is 3. The van der Waals surface area contributed by atoms with Gasteiger partial charge in [0, 0.05) is 12.6 Å². The summed E-state index contributed by atoms with van der Waals surface area (Å²) < 4.78 is 87.1. The molecule has 3 saturated carbocycles. The van der Waals surface area contributed by atoms with Crippen LogP contribution in [0.25, 0.3) is 10.8 Å². The molecule has 0 aliphatic heterocycles. The molecule has 2 bridgehead atoms. The van der Waals surface area contributed by atoms with Gasteiger partial charge in [0.2, 0.25) is 0 Å². The molecule has 3 aliphatic rings. The van der Waals surface area contributed by atoms with Crippen molar-refractivity contribution in [2.24, 2.45) is 23.7 Å². The molecule has 10 heteroatoms. The minimum absolute atomic E-state index is 0.00781. The molecule has 2 N–H and O–H groups in total. The maximum Gasteiger partial charge on any atom is 0.420 e. The highest BCUT2D eigenvalue weighted by Crippen LogP contribution is 2.45. The zero-order chi connectivity index (χ0) is 27.9. The zero-order valence-corrected chi connectivity index (χ0v) is 21.5. The van der Waals surface area contributed by atoms with E-state index in [-0.39, 0.29) is 60.6 Å². The summed E-state index contributed by atoms with van der Waals surface area (Å²) in [6.45, 7) is 0.466. The summed E-state index contributed by atoms with van der Waals surface area (Å²) in [4.78, 5) is 11.5. The Labute approximate surface area is 223 Å². The van der Waals surface area contributed by atoms with Gasteiger partial charge in [-0.3, -0.25) is 4.79 Å². The van der Waals surface area contributed by atoms with Crippen molar-refractivity contribution in [3.8, 4) is 5.75 Å². The summed E-state index contributed by atoms with van der Waals surface area (Å²) in [7, 11) is 0. The number of halogens is 6. The molecule has 0 aromatic heterocycles. The van der Waals surface area contributed by atoms with Gasteiger partial charge in [0.25, 0.3) is 0 Å². The number of rotatable bonds is 6. The second kappa shape index (κ2) is 10.8. The lowest BCUT2D eigenvalue weighted by Gasteiger charge is -2.45. The van der Waals surface area contributed by atoms with E-state index in [0.29, 0.717) is 24.8 Å². The highest BCUT2D eigenvalue weighted by molar-refractivity contribution is 5.89. The van der Waals surface area contributed by atoms with E-state index in [9.17, 15) is 36.2 Å². The van der Waals surface area contributed by atoms with E-state index in [1.807, 2.05) is 0 Å². The molecule has 0 amide bonds. The molecular weight excluding hydrogens is 524 g/mol. The lowest BCUT2D eigenvalue weighted by molar-refractivity contribution is -0.185. The lowest BCUT2D eigenvalue weighted by Crippen LogP contribution is -2.50. The monoisotopic (exact) mass is 557 g/mol. The summed E-state index contributed by atoms with van der Waals surface area (Å²) in [5.74, 6) is -2.27. The average Bonchev–Trinajstić information content (AvgIpc) is 2.85. The molecule has 2 aromatic rings. The fourth-order valence-electron chi connectivity index (χ4n) is 7.06. The lowest BCUT2D eigenvalue weighted by atomic mass is 9.64. The first-order chi connectivity index (χ1) is 18.4. The molecule has 3 fully saturated rings. The molecule has 5 rings (SSSR count). The first kappa shape index (κ1) is 28.1. The van der Waals surface area contributed by atoms with E-state index in [2.05, 4.69) is 5.32 Å². The van der Waals surface area contributed by atoms with Crippen molar-refractivity contribution in [3.63, 3.8) is 0 Å². The molecular formula is C29H33F6NO3. The third-order valence-electron chi connectivity index (χ3n) is 8.99. The van der Waals surface area contributed by atoms with E-state index in [4.69, 9.17) is 4.74 Å². The Morgan fingerprint density at radius 2 is 1.59 bits per heavy atom. The highest BCUT2D eigenvalue weighted by Gasteiger charge is 2.44. The molecule has 214 valence electrons. The van der Waals surface area contributed by atoms with Gasteiger partial charge in [-0.15, -0.1) is 0 Å². The second-order valence-electron chi connectivity index (χ2n) is 11.5. The topological polar surface area (TPSA) is 58.6 Å². The minimum Gasteiger partial charge on any atom is -0.490 e. The van der Waals surface area contributed by atoms with Crippen LogP contribution >= 0.6 is 0 Å². The molecule has 0 spiro atoms. The molecule has 4 nitrogen and oxygen atoms in total. The van der Waals surface area contributed by atoms with Crippen LogP contribution in [-0.4, -0.2) is 29.4 Å². The third-order valence-corrected chi connectivity index (χ3v) is 8.99. The van der Waals surface area contributed by atoms with Gasteiger partial charge in [-0.05, 0) is 91.7 Å². The van der Waals surface area contributed by atoms with Gasteiger partial charge in [-0.25, -0.2) is 0 Å². The van der Waals surface area contributed by atoms with Crippen LogP contribution in [0.5, 0.6) is 5.75 Å². The summed E-state index contributed by atoms with van der Waals surface area (Å²) >= 11 is 0. The molecule has 2 unspecified atom stereocenters. The van der Waals surface area contributed by atoms with Crippen LogP contribution in [0.15, 0.2) is 30.3 Å². The molecule has 3 aliphatic carbocycles. The zero-order valence-electron chi connectivity index (χ0n) is 21.5. The highest BCUT2D eigenvalue weighted by atomic mass is 19.4. The third kappa shape index (κ3) is 6.15. The van der Waals surface area contributed by atoms with E-state index in [1.165, 1.54) is 12.1 Å². The van der Waals surface area contributed by atoms with Crippen molar-refractivity contribution >= 4 is 16.7 Å². The van der Waals surface area contributed by atoms with Crippen molar-refractivity contribution in [1.29, 1.82) is 0 Å². The smallest absolute Gasteiger partial charge is 0.420 e. The first-order valence-electron chi connectivity index (χ1n) is 13.7. The van der Waals surface area contributed by atoms with Crippen molar-refractivity contribution in [3.05, 3.63) is 41.5 Å². The number of nitrogens with one attached hydrogen (secondary N) is 1. The average molecular weight is 558 g/mol. The van der Waals surface area contributed by atoms with Gasteiger partial charge in [0.05, 0.1) is 17.9 Å². The molecule has 39 heavy (non-hydrogen) atoms. The van der Waals surface area contributed by atoms with Crippen LogP contribution in [0.1, 0.15) is 68.9 Å². The van der Waals surface area contributed by atoms with Gasteiger partial charge in [-0.2, -0.15) is 26.3 Å². The Morgan fingerprint density at radius 1 is 0.923 bits per heavy atom. The van der Waals surface area contributed by atoms with Crippen molar-refractivity contribution in [2.75, 3.05) is 0 Å². The Morgan fingerprint density at radius 3 is 2.18 bits per heavy atom. The van der Waals surface area contributed by atoms with Crippen LogP contribution in [0.3, 0.4) is 0 Å². The largest absolute Gasteiger partial charge is 0.490 e. The normalized spacial score (nSPS) is 29.8. The van der Waals surface area contributed by atoms with Gasteiger partial charge >= 0.3 is 18.3 Å². The summed E-state index contributed by atoms with van der Waals surface area (Å²) in [5.41, 5.74) is -0.0767. The van der Waals surface area contributed by atoms with Gasteiger partial charge < -0.3 is 15.2 Å². The van der Waals surface area contributed by atoms with E-state index in [0.717, 1.165) is 24.8 Å². The van der Waals surface area contributed by atoms with Crippen LogP contribution < -0.4 is 10.1 Å². The quantitative estimate of drug-likeness (QED) is 0.357. The number of hydrogen-bond donors (Lipinski definition) is 2. The maximum atomic E-state index is 14.2. The van der Waals surface area contributed by atoms with E-state index in [1.54, 1.807) is 18.2 Å². The van der Waals surface area contributed by atoms with Crippen LogP contribution in [-0.2, 0) is 17.5 Å². The van der Waals surface area contributed by atoms with Crippen LogP contribution in [0, 0.1) is 23.7 Å². The number of benzene rings is 2. The summed E-state index contributed by atoms with van der Waals surface area (Å²) in [5, 5.41) is 13.4. The SMILES string of the molecule is O=C(O)C1CC2CCCC(C1)C2NCc1ccc2c(C(F)(F)F)c(O[C@H]3CC[C@@H](C(F)(F)F)CC3)ccc2c1. The Bertz CT molecular complexity index is 1170. The van der Waals surface area contributed by atoms with Crippen molar-refractivity contribution < 1.29 is 41.0 Å². The first-order valence-corrected chi connectivity index (χ1v) is 13.7. The number of ether oxygens (including phenoxy) is 1. The predicted octanol–water partition coefficient (Wildman–Crippen LogP) is 7.73. The molecule has 0 heterocycles. The number of carboxylic acids is 1. The number of fused-ring (bicyclic) bond motifs is 3. The summed E-state index contributed by atoms with van der Waals surface area (Å²) in [6.07, 6.45) is -5.54. The van der Waals surface area contributed by atoms with Gasteiger partial charge in [-0.1, -0.05) is 24.6 Å². The maximum absolute atomic E-state index is 14.2. The van der Waals surface area contributed by atoms with E-state index < -0.39 is 35.9 Å². The van der Waals surface area contributed by atoms with Gasteiger partial charge in [0.15, 0.2) is 0 Å². The number of carbonyl (C=O) groups is 1. The predicted molar refractivity (Wildman–Crippen MR) is 133 cm³/mol. The summed E-state index contributed by atoms with van der Waals surface area (Å²) in [6, 6.07) is 7.84. The van der Waals surface area contributed by atoms with E-state index >= 15 is 0 Å². The van der Waals surface area contributed by atoms with Crippen molar-refractivity contribution in [2.45, 2.75) is 88.8 Å².